The SMILES string of the molecule is CN=C(NCCC(=O)OC)NCc1ccc(F)cc1CSC.I. The molecule has 0 amide bonds. The summed E-state index contributed by atoms with van der Waals surface area (Å²) in [5.41, 5.74) is 1.98. The molecule has 0 radical (unpaired) electrons. The number of carbonyl (C=O) groups excluding carboxylic acids is 1. The molecule has 0 atom stereocenters. The van der Waals surface area contributed by atoms with Gasteiger partial charge in [-0.05, 0) is 29.5 Å². The van der Waals surface area contributed by atoms with E-state index < -0.39 is 0 Å². The summed E-state index contributed by atoms with van der Waals surface area (Å²) < 4.78 is 17.9. The Kier molecular flexibility index (Phi) is 11.8. The van der Waals surface area contributed by atoms with Crippen LogP contribution in [0.4, 0.5) is 4.39 Å². The normalized spacial score (nSPS) is 10.7. The summed E-state index contributed by atoms with van der Waals surface area (Å²) in [4.78, 5) is 15.1. The number of hydrogen-bond acceptors (Lipinski definition) is 4. The van der Waals surface area contributed by atoms with E-state index in [0.717, 1.165) is 16.9 Å². The topological polar surface area (TPSA) is 62.7 Å². The molecule has 1 rings (SSSR count). The minimum atomic E-state index is -0.274. The van der Waals surface area contributed by atoms with Gasteiger partial charge in [0.25, 0.3) is 0 Å². The number of esters is 1. The highest BCUT2D eigenvalue weighted by Gasteiger charge is 2.06. The predicted molar refractivity (Wildman–Crippen MR) is 104 cm³/mol. The van der Waals surface area contributed by atoms with Crippen LogP contribution in [0.3, 0.4) is 0 Å². The van der Waals surface area contributed by atoms with Crippen LogP contribution in [0.1, 0.15) is 17.5 Å². The number of nitrogens with one attached hydrogen (secondary N) is 2. The van der Waals surface area contributed by atoms with Gasteiger partial charge in [-0.3, -0.25) is 9.79 Å². The van der Waals surface area contributed by atoms with Gasteiger partial charge < -0.3 is 15.4 Å². The molecule has 0 spiro atoms. The summed E-state index contributed by atoms with van der Waals surface area (Å²) in [5.74, 6) is 0.837. The van der Waals surface area contributed by atoms with Crippen LogP contribution in [0.5, 0.6) is 0 Å². The Morgan fingerprint density at radius 3 is 2.70 bits per heavy atom. The Balaban J connectivity index is 0.00000484. The molecule has 0 saturated carbocycles. The minimum Gasteiger partial charge on any atom is -0.469 e. The summed E-state index contributed by atoms with van der Waals surface area (Å²) >= 11 is 1.65. The minimum absolute atomic E-state index is 0. The van der Waals surface area contributed by atoms with Crippen molar-refractivity contribution in [2.24, 2.45) is 4.99 Å². The fourth-order valence-corrected chi connectivity index (χ4v) is 2.42. The maximum absolute atomic E-state index is 13.3. The van der Waals surface area contributed by atoms with Crippen LogP contribution in [0, 0.1) is 5.82 Å². The second-order valence-electron chi connectivity index (χ2n) is 4.52. The Bertz CT molecular complexity index is 529. The molecule has 0 heterocycles. The van der Waals surface area contributed by atoms with E-state index in [0.29, 0.717) is 19.0 Å². The summed E-state index contributed by atoms with van der Waals surface area (Å²) in [6, 6.07) is 4.78. The van der Waals surface area contributed by atoms with Gasteiger partial charge in [0.2, 0.25) is 0 Å². The molecule has 0 bridgehead atoms. The van der Waals surface area contributed by atoms with Gasteiger partial charge >= 0.3 is 5.97 Å². The van der Waals surface area contributed by atoms with Gasteiger partial charge in [0.05, 0.1) is 13.5 Å². The van der Waals surface area contributed by atoms with Gasteiger partial charge in [0, 0.05) is 25.9 Å². The first-order valence-corrected chi connectivity index (χ1v) is 8.27. The summed E-state index contributed by atoms with van der Waals surface area (Å²) in [6.45, 7) is 0.974. The highest BCUT2D eigenvalue weighted by atomic mass is 127. The van der Waals surface area contributed by atoms with Gasteiger partial charge in [-0.15, -0.1) is 24.0 Å². The molecule has 0 fully saturated rings. The van der Waals surface area contributed by atoms with Gasteiger partial charge in [-0.1, -0.05) is 6.07 Å². The monoisotopic (exact) mass is 455 g/mol. The van der Waals surface area contributed by atoms with Crippen molar-refractivity contribution in [3.05, 3.63) is 35.1 Å². The number of carbonyl (C=O) groups is 1. The third-order valence-electron chi connectivity index (χ3n) is 2.99. The maximum Gasteiger partial charge on any atom is 0.307 e. The predicted octanol–water partition coefficient (Wildman–Crippen LogP) is 2.53. The lowest BCUT2D eigenvalue weighted by Crippen LogP contribution is -2.38. The van der Waals surface area contributed by atoms with Crippen molar-refractivity contribution >= 4 is 47.7 Å². The lowest BCUT2D eigenvalue weighted by atomic mass is 10.1. The van der Waals surface area contributed by atoms with Crippen LogP contribution >= 0.6 is 35.7 Å². The zero-order chi connectivity index (χ0) is 16.4. The summed E-state index contributed by atoms with van der Waals surface area (Å²) in [6.07, 6.45) is 2.25. The number of halogens is 2. The second-order valence-corrected chi connectivity index (χ2v) is 5.39. The van der Waals surface area contributed by atoms with Crippen molar-refractivity contribution in [2.45, 2.75) is 18.7 Å². The number of methoxy groups -OCH3 is 1. The molecule has 0 aliphatic rings. The number of benzene rings is 1. The van der Waals surface area contributed by atoms with Crippen LogP contribution in [-0.2, 0) is 21.8 Å². The Hall–Kier alpha value is -1.03. The molecule has 0 saturated heterocycles. The first-order valence-electron chi connectivity index (χ1n) is 6.88. The average Bonchev–Trinajstić information content (AvgIpc) is 2.52. The lowest BCUT2D eigenvalue weighted by molar-refractivity contribution is -0.140. The first-order chi connectivity index (χ1) is 10.6. The van der Waals surface area contributed by atoms with Crippen molar-refractivity contribution in [1.29, 1.82) is 0 Å². The summed E-state index contributed by atoms with van der Waals surface area (Å²) in [5, 5.41) is 6.18. The van der Waals surface area contributed by atoms with Gasteiger partial charge in [-0.25, -0.2) is 4.39 Å². The Morgan fingerprint density at radius 1 is 1.35 bits per heavy atom. The average molecular weight is 455 g/mol. The van der Waals surface area contributed by atoms with E-state index in [1.54, 1.807) is 30.9 Å². The molecule has 1 aromatic rings. The van der Waals surface area contributed by atoms with Crippen molar-refractivity contribution in [1.82, 2.24) is 10.6 Å². The number of thioether (sulfide) groups is 1. The van der Waals surface area contributed by atoms with E-state index in [2.05, 4.69) is 20.4 Å². The Morgan fingerprint density at radius 2 is 2.09 bits per heavy atom. The molecule has 8 heteroatoms. The van der Waals surface area contributed by atoms with E-state index in [1.165, 1.54) is 13.2 Å². The van der Waals surface area contributed by atoms with Gasteiger partial charge in [-0.2, -0.15) is 11.8 Å². The standard InChI is InChI=1S/C15H22FN3O2S.HI/c1-17-15(18-7-6-14(20)21-2)19-9-11-4-5-13(16)8-12(11)10-22-3;/h4-5,8H,6-7,9-10H2,1-3H3,(H2,17,18,19);1H. The van der Waals surface area contributed by atoms with E-state index in [-0.39, 0.29) is 42.2 Å². The first kappa shape index (κ1) is 22.0. The van der Waals surface area contributed by atoms with Crippen LogP contribution in [0.25, 0.3) is 0 Å². The number of hydrogen-bond donors (Lipinski definition) is 2. The van der Waals surface area contributed by atoms with Crippen molar-refractivity contribution in [2.75, 3.05) is 27.0 Å². The third-order valence-corrected chi connectivity index (χ3v) is 3.59. The van der Waals surface area contributed by atoms with Crippen LogP contribution < -0.4 is 10.6 Å². The lowest BCUT2D eigenvalue weighted by Gasteiger charge is -2.14. The molecule has 23 heavy (non-hydrogen) atoms. The zero-order valence-electron chi connectivity index (χ0n) is 13.5. The molecule has 0 aliphatic heterocycles. The van der Waals surface area contributed by atoms with Crippen molar-refractivity contribution in [3.8, 4) is 0 Å². The molecule has 1 aromatic carbocycles. The van der Waals surface area contributed by atoms with Crippen molar-refractivity contribution in [3.63, 3.8) is 0 Å². The molecular weight excluding hydrogens is 432 g/mol. The van der Waals surface area contributed by atoms with Gasteiger partial charge in [0.1, 0.15) is 5.82 Å². The summed E-state index contributed by atoms with van der Waals surface area (Å²) in [7, 11) is 3.01. The van der Waals surface area contributed by atoms with E-state index in [9.17, 15) is 9.18 Å². The molecular formula is C15H23FIN3O2S. The number of nitrogens with zero attached hydrogens (tertiary/aromatic N) is 1. The molecule has 0 aliphatic carbocycles. The highest BCUT2D eigenvalue weighted by Crippen LogP contribution is 2.16. The van der Waals surface area contributed by atoms with Crippen molar-refractivity contribution < 1.29 is 13.9 Å². The smallest absolute Gasteiger partial charge is 0.307 e. The second kappa shape index (κ2) is 12.4. The molecule has 0 aromatic heterocycles. The third kappa shape index (κ3) is 8.40. The quantitative estimate of drug-likeness (QED) is 0.287. The molecule has 5 nitrogen and oxygen atoms in total. The fourth-order valence-electron chi connectivity index (χ4n) is 1.84. The maximum atomic E-state index is 13.3. The molecule has 0 unspecified atom stereocenters. The number of ether oxygens (including phenoxy) is 1. The van der Waals surface area contributed by atoms with E-state index in [1.807, 2.05) is 6.26 Å². The zero-order valence-corrected chi connectivity index (χ0v) is 16.7. The van der Waals surface area contributed by atoms with Crippen LogP contribution in [0.15, 0.2) is 23.2 Å². The van der Waals surface area contributed by atoms with E-state index in [4.69, 9.17) is 0 Å². The molecule has 130 valence electrons. The Labute approximate surface area is 157 Å². The van der Waals surface area contributed by atoms with Gasteiger partial charge in [0.15, 0.2) is 5.96 Å². The van der Waals surface area contributed by atoms with Crippen LogP contribution in [-0.4, -0.2) is 38.9 Å². The number of guanidine groups is 1. The largest absolute Gasteiger partial charge is 0.469 e. The highest BCUT2D eigenvalue weighted by molar-refractivity contribution is 14.0. The molecule has 2 N–H and O–H groups in total. The number of aliphatic imine (C=N–C) groups is 1. The fraction of sp³-hybridized carbons (Fsp3) is 0.467. The van der Waals surface area contributed by atoms with E-state index >= 15 is 0 Å². The van der Waals surface area contributed by atoms with Crippen LogP contribution in [0.2, 0.25) is 0 Å². The number of rotatable bonds is 7.